The fraction of sp³-hybridized carbons (Fsp3) is 0.308. The Balaban J connectivity index is 1.84. The SMILES string of the molecule is CCOc1cc([C@H]2CC(=O)Nc3c2sc(C(=O)O)c3-c2ccc(OC)cc2)ccc1OC(C)C. The molecule has 0 saturated heterocycles. The van der Waals surface area contributed by atoms with Crippen molar-refractivity contribution >= 4 is 28.9 Å². The third-order valence-corrected chi connectivity index (χ3v) is 6.80. The van der Waals surface area contributed by atoms with E-state index < -0.39 is 5.97 Å². The molecule has 0 radical (unpaired) electrons. The fourth-order valence-electron chi connectivity index (χ4n) is 4.10. The maximum absolute atomic E-state index is 12.8. The Morgan fingerprint density at radius 3 is 2.53 bits per heavy atom. The summed E-state index contributed by atoms with van der Waals surface area (Å²) >= 11 is 1.20. The monoisotopic (exact) mass is 481 g/mol. The number of methoxy groups -OCH3 is 1. The Labute approximate surface area is 202 Å². The molecule has 2 N–H and O–H groups in total. The minimum absolute atomic E-state index is 0.0143. The summed E-state index contributed by atoms with van der Waals surface area (Å²) in [5.41, 5.74) is 2.63. The molecule has 7 nitrogen and oxygen atoms in total. The molecular formula is C26H27NO6S. The number of thiophene rings is 1. The largest absolute Gasteiger partial charge is 0.497 e. The van der Waals surface area contributed by atoms with Gasteiger partial charge in [-0.2, -0.15) is 0 Å². The zero-order chi connectivity index (χ0) is 24.4. The van der Waals surface area contributed by atoms with Crippen molar-refractivity contribution in [2.24, 2.45) is 0 Å². The van der Waals surface area contributed by atoms with E-state index in [1.165, 1.54) is 11.3 Å². The molecule has 1 atom stereocenters. The highest BCUT2D eigenvalue weighted by Gasteiger charge is 2.35. The van der Waals surface area contributed by atoms with Crippen molar-refractivity contribution in [1.29, 1.82) is 0 Å². The van der Waals surface area contributed by atoms with Gasteiger partial charge < -0.3 is 24.6 Å². The van der Waals surface area contributed by atoms with Gasteiger partial charge >= 0.3 is 5.97 Å². The molecule has 0 spiro atoms. The molecular weight excluding hydrogens is 454 g/mol. The number of hydrogen-bond donors (Lipinski definition) is 2. The lowest BCUT2D eigenvalue weighted by Crippen LogP contribution is -2.22. The van der Waals surface area contributed by atoms with Gasteiger partial charge in [0, 0.05) is 22.8 Å². The molecule has 0 aliphatic carbocycles. The van der Waals surface area contributed by atoms with Crippen LogP contribution in [-0.2, 0) is 4.79 Å². The van der Waals surface area contributed by atoms with Crippen LogP contribution in [-0.4, -0.2) is 36.8 Å². The normalized spacial score (nSPS) is 15.0. The number of fused-ring (bicyclic) bond motifs is 1. The molecule has 178 valence electrons. The third kappa shape index (κ3) is 4.59. The summed E-state index contributed by atoms with van der Waals surface area (Å²) in [5, 5.41) is 12.9. The van der Waals surface area contributed by atoms with Crippen LogP contribution in [0.1, 0.15) is 53.2 Å². The molecule has 1 aliphatic rings. The summed E-state index contributed by atoms with van der Waals surface area (Å²) in [7, 11) is 1.57. The number of aromatic carboxylic acids is 1. The molecule has 1 aromatic heterocycles. The number of rotatable bonds is 8. The van der Waals surface area contributed by atoms with Crippen LogP contribution >= 0.6 is 11.3 Å². The standard InChI is InChI=1S/C26H27NO6S/c1-5-32-20-12-16(8-11-19(20)33-14(2)3)18-13-21(28)27-23-22(25(26(29)30)34-24(18)23)15-6-9-17(31-4)10-7-15/h6-12,14,18H,5,13H2,1-4H3,(H,27,28)(H,29,30)/t18-/m1/s1. The first kappa shape index (κ1) is 23.6. The number of hydrogen-bond acceptors (Lipinski definition) is 6. The first-order valence-electron chi connectivity index (χ1n) is 11.1. The van der Waals surface area contributed by atoms with Gasteiger partial charge in [0.25, 0.3) is 0 Å². The summed E-state index contributed by atoms with van der Waals surface area (Å²) in [6.07, 6.45) is 0.199. The number of ether oxygens (including phenoxy) is 3. The van der Waals surface area contributed by atoms with Crippen LogP contribution < -0.4 is 19.5 Å². The summed E-state index contributed by atoms with van der Waals surface area (Å²) in [6, 6.07) is 12.8. The Hall–Kier alpha value is -3.52. The molecule has 0 unspecified atom stereocenters. The van der Waals surface area contributed by atoms with E-state index in [4.69, 9.17) is 14.2 Å². The summed E-state index contributed by atoms with van der Waals surface area (Å²) < 4.78 is 16.9. The second-order valence-electron chi connectivity index (χ2n) is 8.19. The number of amides is 1. The molecule has 2 aromatic carbocycles. The highest BCUT2D eigenvalue weighted by Crippen LogP contribution is 2.50. The lowest BCUT2D eigenvalue weighted by molar-refractivity contribution is -0.116. The molecule has 34 heavy (non-hydrogen) atoms. The molecule has 0 bridgehead atoms. The van der Waals surface area contributed by atoms with Gasteiger partial charge in [0.15, 0.2) is 11.5 Å². The number of benzene rings is 2. The fourth-order valence-corrected chi connectivity index (χ4v) is 5.35. The molecule has 1 aliphatic heterocycles. The molecule has 8 heteroatoms. The van der Waals surface area contributed by atoms with E-state index >= 15 is 0 Å². The van der Waals surface area contributed by atoms with Crippen molar-refractivity contribution in [1.82, 2.24) is 0 Å². The van der Waals surface area contributed by atoms with Gasteiger partial charge in [0.1, 0.15) is 10.6 Å². The maximum Gasteiger partial charge on any atom is 0.346 e. The second-order valence-corrected chi connectivity index (χ2v) is 9.24. The molecule has 4 rings (SSSR count). The van der Waals surface area contributed by atoms with Crippen LogP contribution in [0.5, 0.6) is 17.2 Å². The van der Waals surface area contributed by atoms with Gasteiger partial charge in [-0.3, -0.25) is 4.79 Å². The maximum atomic E-state index is 12.8. The van der Waals surface area contributed by atoms with Gasteiger partial charge in [-0.25, -0.2) is 4.79 Å². The lowest BCUT2D eigenvalue weighted by atomic mass is 9.88. The van der Waals surface area contributed by atoms with Crippen LogP contribution in [0.25, 0.3) is 11.1 Å². The van der Waals surface area contributed by atoms with E-state index in [2.05, 4.69) is 5.32 Å². The topological polar surface area (TPSA) is 94.1 Å². The van der Waals surface area contributed by atoms with E-state index in [1.807, 2.05) is 39.0 Å². The van der Waals surface area contributed by atoms with Gasteiger partial charge in [-0.15, -0.1) is 11.3 Å². The van der Waals surface area contributed by atoms with E-state index in [0.717, 1.165) is 10.4 Å². The molecule has 3 aromatic rings. The van der Waals surface area contributed by atoms with E-state index in [-0.39, 0.29) is 29.2 Å². The number of carboxylic acids is 1. The van der Waals surface area contributed by atoms with Crippen LogP contribution in [0.4, 0.5) is 5.69 Å². The zero-order valence-corrected chi connectivity index (χ0v) is 20.3. The first-order valence-corrected chi connectivity index (χ1v) is 11.9. The second kappa shape index (κ2) is 9.77. The number of carbonyl (C=O) groups excluding carboxylic acids is 1. The number of carboxylic acid groups (broad SMARTS) is 1. The minimum atomic E-state index is -1.03. The van der Waals surface area contributed by atoms with Crippen LogP contribution in [0.3, 0.4) is 0 Å². The Bertz CT molecular complexity index is 1210. The number of carbonyl (C=O) groups is 2. The number of anilines is 1. The van der Waals surface area contributed by atoms with Gasteiger partial charge in [0.05, 0.1) is 25.5 Å². The van der Waals surface area contributed by atoms with Crippen LogP contribution in [0, 0.1) is 0 Å². The van der Waals surface area contributed by atoms with Gasteiger partial charge in [-0.05, 0) is 56.2 Å². The molecule has 2 heterocycles. The van der Waals surface area contributed by atoms with Crippen molar-refractivity contribution in [2.75, 3.05) is 19.0 Å². The van der Waals surface area contributed by atoms with Crippen LogP contribution in [0.15, 0.2) is 42.5 Å². The summed E-state index contributed by atoms with van der Waals surface area (Å²) in [4.78, 5) is 25.9. The quantitative estimate of drug-likeness (QED) is 0.423. The van der Waals surface area contributed by atoms with Gasteiger partial charge in [-0.1, -0.05) is 18.2 Å². The van der Waals surface area contributed by atoms with Gasteiger partial charge in [0.2, 0.25) is 5.91 Å². The smallest absolute Gasteiger partial charge is 0.346 e. The van der Waals surface area contributed by atoms with E-state index in [9.17, 15) is 14.7 Å². The molecule has 1 amide bonds. The zero-order valence-electron chi connectivity index (χ0n) is 19.5. The van der Waals surface area contributed by atoms with Crippen molar-refractivity contribution in [3.8, 4) is 28.4 Å². The average Bonchev–Trinajstić information content (AvgIpc) is 3.19. The van der Waals surface area contributed by atoms with Crippen molar-refractivity contribution in [3.05, 3.63) is 57.8 Å². The lowest BCUT2D eigenvalue weighted by Gasteiger charge is -2.25. The average molecular weight is 482 g/mol. The first-order chi connectivity index (χ1) is 16.3. The minimum Gasteiger partial charge on any atom is -0.497 e. The summed E-state index contributed by atoms with van der Waals surface area (Å²) in [6.45, 7) is 6.26. The Morgan fingerprint density at radius 1 is 1.18 bits per heavy atom. The molecule has 0 saturated carbocycles. The van der Waals surface area contributed by atoms with Crippen molar-refractivity contribution < 1.29 is 28.9 Å². The predicted octanol–water partition coefficient (Wildman–Crippen LogP) is 5.78. The predicted molar refractivity (Wildman–Crippen MR) is 132 cm³/mol. The van der Waals surface area contributed by atoms with Crippen molar-refractivity contribution in [2.45, 2.75) is 39.2 Å². The third-order valence-electron chi connectivity index (χ3n) is 5.51. The van der Waals surface area contributed by atoms with Crippen molar-refractivity contribution in [3.63, 3.8) is 0 Å². The highest BCUT2D eigenvalue weighted by molar-refractivity contribution is 7.15. The van der Waals surface area contributed by atoms with E-state index in [0.29, 0.717) is 40.7 Å². The number of nitrogens with one attached hydrogen (secondary N) is 1. The van der Waals surface area contributed by atoms with E-state index in [1.54, 1.807) is 31.4 Å². The molecule has 0 fully saturated rings. The Morgan fingerprint density at radius 2 is 1.91 bits per heavy atom. The summed E-state index contributed by atoms with van der Waals surface area (Å²) in [5.74, 6) is 0.408. The Kier molecular flexibility index (Phi) is 6.79. The highest BCUT2D eigenvalue weighted by atomic mass is 32.1. The van der Waals surface area contributed by atoms with Crippen LogP contribution in [0.2, 0.25) is 0 Å².